The van der Waals surface area contributed by atoms with Gasteiger partial charge < -0.3 is 4.90 Å². The third-order valence-electron chi connectivity index (χ3n) is 4.35. The number of aromatic nitrogens is 1. The van der Waals surface area contributed by atoms with Gasteiger partial charge in [-0.25, -0.2) is 4.98 Å². The van der Waals surface area contributed by atoms with Crippen molar-refractivity contribution in [3.8, 4) is 0 Å². The van der Waals surface area contributed by atoms with E-state index in [4.69, 9.17) is 0 Å². The summed E-state index contributed by atoms with van der Waals surface area (Å²) in [5, 5.41) is 0. The molecule has 7 heteroatoms. The molecule has 1 N–H and O–H groups in total. The molecular formula is C15H24N4O2S. The molecule has 122 valence electrons. The van der Waals surface area contributed by atoms with Gasteiger partial charge in [0.15, 0.2) is 0 Å². The maximum atomic E-state index is 12.2. The van der Waals surface area contributed by atoms with Gasteiger partial charge in [-0.05, 0) is 49.8 Å². The summed E-state index contributed by atoms with van der Waals surface area (Å²) in [7, 11) is -3.35. The number of hydrogen-bond acceptors (Lipinski definition) is 4. The molecule has 3 heterocycles. The zero-order valence-electron chi connectivity index (χ0n) is 12.9. The van der Waals surface area contributed by atoms with E-state index in [9.17, 15) is 8.42 Å². The fourth-order valence-corrected chi connectivity index (χ4v) is 4.33. The lowest BCUT2D eigenvalue weighted by Crippen LogP contribution is -2.38. The van der Waals surface area contributed by atoms with Crippen molar-refractivity contribution in [1.82, 2.24) is 14.0 Å². The molecule has 22 heavy (non-hydrogen) atoms. The van der Waals surface area contributed by atoms with Crippen molar-refractivity contribution in [2.45, 2.75) is 38.6 Å². The van der Waals surface area contributed by atoms with Crippen LogP contribution in [0.4, 0.5) is 5.82 Å². The van der Waals surface area contributed by atoms with E-state index in [1.165, 1.54) is 23.6 Å². The van der Waals surface area contributed by atoms with E-state index in [0.29, 0.717) is 19.6 Å². The highest BCUT2D eigenvalue weighted by Crippen LogP contribution is 2.18. The normalized spacial score (nSPS) is 20.5. The lowest BCUT2D eigenvalue weighted by atomic mass is 10.1. The molecule has 0 amide bonds. The van der Waals surface area contributed by atoms with Crippen molar-refractivity contribution in [1.29, 1.82) is 0 Å². The fourth-order valence-electron chi connectivity index (χ4n) is 3.06. The molecule has 2 aliphatic rings. The second-order valence-corrected chi connectivity index (χ2v) is 7.76. The van der Waals surface area contributed by atoms with Gasteiger partial charge in [-0.15, -0.1) is 0 Å². The van der Waals surface area contributed by atoms with E-state index in [2.05, 4.69) is 14.6 Å². The Kier molecular flexibility index (Phi) is 4.95. The minimum atomic E-state index is -3.35. The monoisotopic (exact) mass is 324 g/mol. The molecule has 2 saturated heterocycles. The molecule has 0 aliphatic carbocycles. The highest BCUT2D eigenvalue weighted by Gasteiger charge is 2.24. The maximum absolute atomic E-state index is 12.2. The average Bonchev–Trinajstić information content (AvgIpc) is 3.10. The summed E-state index contributed by atoms with van der Waals surface area (Å²) in [4.78, 5) is 6.70. The van der Waals surface area contributed by atoms with Crippen molar-refractivity contribution in [3.05, 3.63) is 23.9 Å². The van der Waals surface area contributed by atoms with Gasteiger partial charge in [0.25, 0.3) is 10.2 Å². The van der Waals surface area contributed by atoms with E-state index in [-0.39, 0.29) is 0 Å². The first-order valence-electron chi connectivity index (χ1n) is 8.10. The molecule has 3 rings (SSSR count). The Morgan fingerprint density at radius 3 is 2.45 bits per heavy atom. The standard InChI is InChI=1S/C15H24N4O2S/c20-22(21,19-10-4-5-11-19)17-13-14-6-7-16-15(12-14)18-8-2-1-3-9-18/h6-7,12,17H,1-5,8-11,13H2. The molecule has 0 unspecified atom stereocenters. The van der Waals surface area contributed by atoms with Crippen LogP contribution in [0.3, 0.4) is 0 Å². The summed E-state index contributed by atoms with van der Waals surface area (Å²) in [6.45, 7) is 3.66. The summed E-state index contributed by atoms with van der Waals surface area (Å²) in [5.41, 5.74) is 0.957. The predicted molar refractivity (Wildman–Crippen MR) is 86.9 cm³/mol. The zero-order chi connectivity index (χ0) is 15.4. The Hall–Kier alpha value is -1.18. The molecule has 6 nitrogen and oxygen atoms in total. The number of nitrogens with zero attached hydrogens (tertiary/aromatic N) is 3. The number of pyridine rings is 1. The molecule has 0 bridgehead atoms. The molecular weight excluding hydrogens is 300 g/mol. The van der Waals surface area contributed by atoms with E-state index in [0.717, 1.165) is 37.3 Å². The number of rotatable bonds is 5. The highest BCUT2D eigenvalue weighted by atomic mass is 32.2. The summed E-state index contributed by atoms with van der Waals surface area (Å²) >= 11 is 0. The van der Waals surface area contributed by atoms with Gasteiger partial charge in [-0.2, -0.15) is 17.4 Å². The van der Waals surface area contributed by atoms with Gasteiger partial charge in [0.1, 0.15) is 5.82 Å². The summed E-state index contributed by atoms with van der Waals surface area (Å²) < 4.78 is 28.6. The Balaban J connectivity index is 1.62. The third-order valence-corrected chi connectivity index (χ3v) is 5.91. The van der Waals surface area contributed by atoms with Crippen LogP contribution in [0.2, 0.25) is 0 Å². The number of anilines is 1. The Morgan fingerprint density at radius 2 is 1.73 bits per heavy atom. The fraction of sp³-hybridized carbons (Fsp3) is 0.667. The van der Waals surface area contributed by atoms with Crippen LogP contribution in [0.15, 0.2) is 18.3 Å². The first-order chi connectivity index (χ1) is 10.6. The number of nitrogens with one attached hydrogen (secondary N) is 1. The van der Waals surface area contributed by atoms with Crippen molar-refractivity contribution >= 4 is 16.0 Å². The molecule has 0 spiro atoms. The maximum Gasteiger partial charge on any atom is 0.279 e. The quantitative estimate of drug-likeness (QED) is 0.891. The van der Waals surface area contributed by atoms with E-state index >= 15 is 0 Å². The van der Waals surface area contributed by atoms with Crippen LogP contribution in [0.1, 0.15) is 37.7 Å². The highest BCUT2D eigenvalue weighted by molar-refractivity contribution is 7.87. The van der Waals surface area contributed by atoms with Crippen LogP contribution in [0.5, 0.6) is 0 Å². The van der Waals surface area contributed by atoms with E-state index in [1.54, 1.807) is 6.20 Å². The average molecular weight is 324 g/mol. The summed E-state index contributed by atoms with van der Waals surface area (Å²) in [6, 6.07) is 3.87. The van der Waals surface area contributed by atoms with Gasteiger partial charge in [-0.1, -0.05) is 0 Å². The van der Waals surface area contributed by atoms with Gasteiger partial charge in [-0.3, -0.25) is 0 Å². The molecule has 0 radical (unpaired) electrons. The summed E-state index contributed by atoms with van der Waals surface area (Å²) in [5.74, 6) is 0.956. The zero-order valence-corrected chi connectivity index (χ0v) is 13.7. The largest absolute Gasteiger partial charge is 0.357 e. The van der Waals surface area contributed by atoms with Crippen LogP contribution in [0.25, 0.3) is 0 Å². The van der Waals surface area contributed by atoms with Crippen LogP contribution in [-0.4, -0.2) is 43.9 Å². The molecule has 0 saturated carbocycles. The molecule has 2 aliphatic heterocycles. The Morgan fingerprint density at radius 1 is 1.05 bits per heavy atom. The van der Waals surface area contributed by atoms with Crippen molar-refractivity contribution in [2.24, 2.45) is 0 Å². The minimum absolute atomic E-state index is 0.322. The van der Waals surface area contributed by atoms with Gasteiger partial charge >= 0.3 is 0 Å². The Labute approximate surface area is 132 Å². The third kappa shape index (κ3) is 3.77. The Bertz CT molecular complexity index is 593. The molecule has 2 fully saturated rings. The lowest BCUT2D eigenvalue weighted by Gasteiger charge is -2.28. The van der Waals surface area contributed by atoms with Crippen molar-refractivity contribution < 1.29 is 8.42 Å². The number of hydrogen-bond donors (Lipinski definition) is 1. The van der Waals surface area contributed by atoms with Crippen LogP contribution in [-0.2, 0) is 16.8 Å². The van der Waals surface area contributed by atoms with Gasteiger partial charge in [0.2, 0.25) is 0 Å². The van der Waals surface area contributed by atoms with Crippen molar-refractivity contribution in [2.75, 3.05) is 31.1 Å². The molecule has 1 aromatic rings. The molecule has 0 atom stereocenters. The second kappa shape index (κ2) is 6.93. The van der Waals surface area contributed by atoms with Crippen LogP contribution >= 0.6 is 0 Å². The predicted octanol–water partition coefficient (Wildman–Crippen LogP) is 1.50. The lowest BCUT2D eigenvalue weighted by molar-refractivity contribution is 0.464. The smallest absolute Gasteiger partial charge is 0.279 e. The first-order valence-corrected chi connectivity index (χ1v) is 9.54. The van der Waals surface area contributed by atoms with Crippen LogP contribution < -0.4 is 9.62 Å². The topological polar surface area (TPSA) is 65.5 Å². The van der Waals surface area contributed by atoms with Gasteiger partial charge in [0.05, 0.1) is 0 Å². The van der Waals surface area contributed by atoms with Crippen molar-refractivity contribution in [3.63, 3.8) is 0 Å². The minimum Gasteiger partial charge on any atom is -0.357 e. The molecule has 1 aromatic heterocycles. The number of piperidine rings is 1. The molecule has 0 aromatic carbocycles. The summed E-state index contributed by atoms with van der Waals surface area (Å²) in [6.07, 6.45) is 7.36. The second-order valence-electron chi connectivity index (χ2n) is 6.00. The SMILES string of the molecule is O=S(=O)(NCc1ccnc(N2CCCCC2)c1)N1CCCC1. The van der Waals surface area contributed by atoms with Gasteiger partial charge in [0, 0.05) is 38.9 Å². The van der Waals surface area contributed by atoms with E-state index in [1.807, 2.05) is 12.1 Å². The van der Waals surface area contributed by atoms with Crippen LogP contribution in [0, 0.1) is 0 Å². The van der Waals surface area contributed by atoms with E-state index < -0.39 is 10.2 Å². The first kappa shape index (κ1) is 15.7.